The van der Waals surface area contributed by atoms with Gasteiger partial charge in [-0.3, -0.25) is 4.79 Å². The summed E-state index contributed by atoms with van der Waals surface area (Å²) < 4.78 is 0. The van der Waals surface area contributed by atoms with Crippen LogP contribution in [-0.2, 0) is 0 Å². The van der Waals surface area contributed by atoms with Gasteiger partial charge in [-0.05, 0) is 38.3 Å². The van der Waals surface area contributed by atoms with E-state index >= 15 is 0 Å². The van der Waals surface area contributed by atoms with Crippen LogP contribution in [0.4, 0.5) is 5.69 Å². The molecule has 0 aliphatic carbocycles. The zero-order valence-electron chi connectivity index (χ0n) is 9.49. The first kappa shape index (κ1) is 9.70. The molecule has 1 unspecified atom stereocenters. The Morgan fingerprint density at radius 2 is 2.12 bits per heavy atom. The molecular weight excluding hydrogens is 200 g/mol. The lowest BCUT2D eigenvalue weighted by atomic mass is 9.91. The zero-order valence-corrected chi connectivity index (χ0v) is 9.49. The first-order valence-electron chi connectivity index (χ1n) is 5.90. The van der Waals surface area contributed by atoms with Crippen LogP contribution in [0.1, 0.15) is 36.5 Å². The highest BCUT2D eigenvalue weighted by Crippen LogP contribution is 2.36. The van der Waals surface area contributed by atoms with Crippen LogP contribution >= 0.6 is 0 Å². The van der Waals surface area contributed by atoms with E-state index in [2.05, 4.69) is 23.2 Å². The van der Waals surface area contributed by atoms with Crippen molar-refractivity contribution in [3.63, 3.8) is 0 Å². The third-order valence-corrected chi connectivity index (χ3v) is 3.71. The third-order valence-electron chi connectivity index (χ3n) is 3.71. The van der Waals surface area contributed by atoms with Crippen molar-refractivity contribution in [1.29, 1.82) is 0 Å². The standard InChI is InChI=1S/C13H16N2O/c1-13-8-4-5-9-15(13)11-7-3-2-6-10(11)12(16)14-13/h2-3,6-7H,4-5,8-9H2,1H3,(H,14,16). The van der Waals surface area contributed by atoms with E-state index in [-0.39, 0.29) is 11.6 Å². The summed E-state index contributed by atoms with van der Waals surface area (Å²) in [6.45, 7) is 3.16. The molecule has 3 heteroatoms. The highest BCUT2D eigenvalue weighted by Gasteiger charge is 2.41. The molecule has 1 saturated heterocycles. The van der Waals surface area contributed by atoms with Gasteiger partial charge in [0, 0.05) is 6.54 Å². The van der Waals surface area contributed by atoms with E-state index < -0.39 is 0 Å². The second kappa shape index (κ2) is 3.24. The molecule has 84 valence electrons. The largest absolute Gasteiger partial charge is 0.348 e. The van der Waals surface area contributed by atoms with Gasteiger partial charge < -0.3 is 10.2 Å². The molecule has 0 spiro atoms. The minimum absolute atomic E-state index is 0.0660. The highest BCUT2D eigenvalue weighted by molar-refractivity contribution is 6.02. The van der Waals surface area contributed by atoms with Crippen molar-refractivity contribution in [1.82, 2.24) is 5.32 Å². The number of piperidine rings is 1. The number of carbonyl (C=O) groups excluding carboxylic acids is 1. The number of para-hydroxylation sites is 1. The van der Waals surface area contributed by atoms with E-state index in [1.807, 2.05) is 18.2 Å². The van der Waals surface area contributed by atoms with Gasteiger partial charge in [0.05, 0.1) is 11.3 Å². The van der Waals surface area contributed by atoms with Gasteiger partial charge in [-0.25, -0.2) is 0 Å². The second-order valence-corrected chi connectivity index (χ2v) is 4.85. The summed E-state index contributed by atoms with van der Waals surface area (Å²) in [7, 11) is 0. The number of fused-ring (bicyclic) bond motifs is 3. The Morgan fingerprint density at radius 3 is 3.00 bits per heavy atom. The lowest BCUT2D eigenvalue weighted by Crippen LogP contribution is -2.64. The average Bonchev–Trinajstić information content (AvgIpc) is 2.28. The Labute approximate surface area is 95.4 Å². The van der Waals surface area contributed by atoms with Crippen LogP contribution < -0.4 is 10.2 Å². The fourth-order valence-electron chi connectivity index (χ4n) is 2.85. The Hall–Kier alpha value is -1.51. The number of rotatable bonds is 0. The molecule has 0 saturated carbocycles. The molecule has 2 aliphatic rings. The van der Waals surface area contributed by atoms with Gasteiger partial charge in [0.2, 0.25) is 0 Å². The predicted molar refractivity (Wildman–Crippen MR) is 63.5 cm³/mol. The van der Waals surface area contributed by atoms with Crippen molar-refractivity contribution in [2.24, 2.45) is 0 Å². The molecule has 2 aliphatic heterocycles. The Morgan fingerprint density at radius 1 is 1.31 bits per heavy atom. The number of anilines is 1. The van der Waals surface area contributed by atoms with Crippen molar-refractivity contribution in [2.45, 2.75) is 31.8 Å². The minimum Gasteiger partial charge on any atom is -0.348 e. The molecule has 1 N–H and O–H groups in total. The summed E-state index contributed by atoms with van der Waals surface area (Å²) in [5.74, 6) is 0.0660. The highest BCUT2D eigenvalue weighted by atomic mass is 16.2. The molecule has 0 radical (unpaired) electrons. The molecule has 0 bridgehead atoms. The fourth-order valence-corrected chi connectivity index (χ4v) is 2.85. The monoisotopic (exact) mass is 216 g/mol. The lowest BCUT2D eigenvalue weighted by molar-refractivity contribution is 0.0871. The SMILES string of the molecule is CC12CCCCN1c1ccccc1C(=O)N2. The smallest absolute Gasteiger partial charge is 0.255 e. The van der Waals surface area contributed by atoms with Gasteiger partial charge in [0.15, 0.2) is 0 Å². The molecule has 1 amide bonds. The first-order valence-corrected chi connectivity index (χ1v) is 5.90. The average molecular weight is 216 g/mol. The predicted octanol–water partition coefficient (Wildman–Crippen LogP) is 2.14. The van der Waals surface area contributed by atoms with Crippen molar-refractivity contribution >= 4 is 11.6 Å². The lowest BCUT2D eigenvalue weighted by Gasteiger charge is -2.50. The number of hydrogen-bond acceptors (Lipinski definition) is 2. The summed E-state index contributed by atoms with van der Waals surface area (Å²) in [5, 5.41) is 3.14. The van der Waals surface area contributed by atoms with Crippen LogP contribution in [0.15, 0.2) is 24.3 Å². The van der Waals surface area contributed by atoms with Crippen LogP contribution in [0.25, 0.3) is 0 Å². The molecule has 16 heavy (non-hydrogen) atoms. The molecule has 1 aromatic carbocycles. The van der Waals surface area contributed by atoms with Crippen molar-refractivity contribution < 1.29 is 4.79 Å². The maximum Gasteiger partial charge on any atom is 0.255 e. The molecule has 1 fully saturated rings. The molecule has 2 heterocycles. The van der Waals surface area contributed by atoms with E-state index in [0.29, 0.717) is 0 Å². The van der Waals surface area contributed by atoms with Gasteiger partial charge in [-0.1, -0.05) is 12.1 Å². The Bertz CT molecular complexity index is 443. The fraction of sp³-hybridized carbons (Fsp3) is 0.462. The topological polar surface area (TPSA) is 32.3 Å². The summed E-state index contributed by atoms with van der Waals surface area (Å²) in [6.07, 6.45) is 3.43. The van der Waals surface area contributed by atoms with Crippen LogP contribution in [0.2, 0.25) is 0 Å². The van der Waals surface area contributed by atoms with Crippen LogP contribution in [-0.4, -0.2) is 18.1 Å². The zero-order chi connectivity index (χ0) is 11.2. The quantitative estimate of drug-likeness (QED) is 0.720. The van der Waals surface area contributed by atoms with Crippen LogP contribution in [0.5, 0.6) is 0 Å². The first-order chi connectivity index (χ1) is 7.71. The van der Waals surface area contributed by atoms with Gasteiger partial charge in [-0.15, -0.1) is 0 Å². The summed E-state index contributed by atoms with van der Waals surface area (Å²) in [6, 6.07) is 7.88. The Balaban J connectivity index is 2.13. The van der Waals surface area contributed by atoms with E-state index in [1.165, 1.54) is 12.8 Å². The van der Waals surface area contributed by atoms with E-state index in [9.17, 15) is 4.79 Å². The number of carbonyl (C=O) groups is 1. The van der Waals surface area contributed by atoms with Crippen molar-refractivity contribution in [2.75, 3.05) is 11.4 Å². The maximum absolute atomic E-state index is 12.0. The molecule has 3 nitrogen and oxygen atoms in total. The minimum atomic E-state index is -0.177. The van der Waals surface area contributed by atoms with Crippen molar-refractivity contribution in [3.05, 3.63) is 29.8 Å². The van der Waals surface area contributed by atoms with Crippen LogP contribution in [0.3, 0.4) is 0 Å². The molecule has 1 aromatic rings. The second-order valence-electron chi connectivity index (χ2n) is 4.85. The normalized spacial score (nSPS) is 28.1. The molecule has 3 rings (SSSR count). The summed E-state index contributed by atoms with van der Waals surface area (Å²) in [5.41, 5.74) is 1.72. The van der Waals surface area contributed by atoms with Gasteiger partial charge in [0.25, 0.3) is 5.91 Å². The summed E-state index contributed by atoms with van der Waals surface area (Å²) >= 11 is 0. The molecule has 1 atom stereocenters. The van der Waals surface area contributed by atoms with E-state index in [0.717, 1.165) is 24.2 Å². The Kier molecular flexibility index (Phi) is 1.96. The number of nitrogens with zero attached hydrogens (tertiary/aromatic N) is 1. The maximum atomic E-state index is 12.0. The third kappa shape index (κ3) is 1.24. The van der Waals surface area contributed by atoms with Crippen molar-refractivity contribution in [3.8, 4) is 0 Å². The van der Waals surface area contributed by atoms with E-state index in [4.69, 9.17) is 0 Å². The van der Waals surface area contributed by atoms with Gasteiger partial charge >= 0.3 is 0 Å². The van der Waals surface area contributed by atoms with Crippen LogP contribution in [0, 0.1) is 0 Å². The number of nitrogens with one attached hydrogen (secondary N) is 1. The number of hydrogen-bond donors (Lipinski definition) is 1. The van der Waals surface area contributed by atoms with Gasteiger partial charge in [0.1, 0.15) is 5.66 Å². The molecule has 0 aromatic heterocycles. The molecular formula is C13H16N2O. The summed E-state index contributed by atoms with van der Waals surface area (Å²) in [4.78, 5) is 14.3. The van der Waals surface area contributed by atoms with E-state index in [1.54, 1.807) is 0 Å². The number of amides is 1. The number of benzene rings is 1. The van der Waals surface area contributed by atoms with Gasteiger partial charge in [-0.2, -0.15) is 0 Å².